The number of halogens is 1. The molecule has 0 radical (unpaired) electrons. The molecule has 0 aromatic heterocycles. The molecule has 2 saturated carbocycles. The molecular weight excluding hydrogens is 539 g/mol. The largest absolute Gasteiger partial charge is 0.508 e. The van der Waals surface area contributed by atoms with E-state index in [1.54, 1.807) is 30.3 Å². The summed E-state index contributed by atoms with van der Waals surface area (Å²) in [4.78, 5) is 15.4. The Morgan fingerprint density at radius 3 is 2.47 bits per heavy atom. The van der Waals surface area contributed by atoms with Crippen molar-refractivity contribution in [2.24, 2.45) is 23.2 Å². The first-order valence-corrected chi connectivity index (χ1v) is 16.7. The lowest BCUT2D eigenvalue weighted by atomic mass is 9.51. The van der Waals surface area contributed by atoms with Crippen molar-refractivity contribution in [2.45, 2.75) is 109 Å². The van der Waals surface area contributed by atoms with Crippen LogP contribution in [0.2, 0.25) is 0 Å². The van der Waals surface area contributed by atoms with E-state index < -0.39 is 12.3 Å². The average molecular weight is 589 g/mol. The molecule has 2 N–H and O–H groups in total. The van der Waals surface area contributed by atoms with Crippen LogP contribution >= 0.6 is 0 Å². The van der Waals surface area contributed by atoms with Crippen LogP contribution in [0.15, 0.2) is 42.5 Å². The number of carbonyl (C=O) groups is 1. The molecule has 6 heteroatoms. The number of aliphatic hydroxyl groups is 1. The number of amides is 1. The monoisotopic (exact) mass is 588 g/mol. The molecule has 0 spiro atoms. The zero-order valence-corrected chi connectivity index (χ0v) is 26.0. The Bertz CT molecular complexity index is 1290. The van der Waals surface area contributed by atoms with Crippen molar-refractivity contribution in [3.8, 4) is 11.8 Å². The van der Waals surface area contributed by atoms with Gasteiger partial charge < -0.3 is 15.1 Å². The molecule has 3 aliphatic rings. The maximum atomic E-state index is 16.0. The standard InChI is InChI=1S/C37H49FN2O3/c1-3-4-5-8-19-40(36(43)26-13-11-25(24-39)12-14-26)20-9-6-7-10-27-21-28-22-29(41)15-16-30(28)35-32(38)23-37(2)31(34(27)35)17-18-33(37)42/h11-16,22,27,31-35,41-42H,3-10,17-21,23H2,1-2H3/t27-,31+,32+,33+,34+,35+,37+/m1/s1. The van der Waals surface area contributed by atoms with Gasteiger partial charge in [-0.2, -0.15) is 5.26 Å². The number of aromatic hydroxyl groups is 1. The van der Waals surface area contributed by atoms with Crippen LogP contribution in [0.1, 0.15) is 117 Å². The zero-order valence-electron chi connectivity index (χ0n) is 26.0. The van der Waals surface area contributed by atoms with Gasteiger partial charge in [0.2, 0.25) is 0 Å². The number of unbranched alkanes of at least 4 members (excludes halogenated alkanes) is 5. The fourth-order valence-corrected chi connectivity index (χ4v) is 8.83. The quantitative estimate of drug-likeness (QED) is 0.247. The van der Waals surface area contributed by atoms with E-state index in [2.05, 4.69) is 19.9 Å². The Balaban J connectivity index is 1.24. The molecule has 0 saturated heterocycles. The second kappa shape index (κ2) is 13.8. The number of aliphatic hydroxyl groups excluding tert-OH is 1. The fourth-order valence-electron chi connectivity index (χ4n) is 8.83. The molecule has 5 nitrogen and oxygen atoms in total. The Kier molecular flexibility index (Phi) is 10.1. The lowest BCUT2D eigenvalue weighted by Crippen LogP contribution is -2.51. The summed E-state index contributed by atoms with van der Waals surface area (Å²) in [6.07, 6.45) is 9.89. The highest BCUT2D eigenvalue weighted by molar-refractivity contribution is 5.94. The number of benzene rings is 2. The van der Waals surface area contributed by atoms with Gasteiger partial charge in [0.05, 0.1) is 17.7 Å². The van der Waals surface area contributed by atoms with Crippen molar-refractivity contribution in [2.75, 3.05) is 13.1 Å². The maximum absolute atomic E-state index is 16.0. The van der Waals surface area contributed by atoms with Crippen LogP contribution in [-0.2, 0) is 6.42 Å². The van der Waals surface area contributed by atoms with Gasteiger partial charge in [0, 0.05) is 24.6 Å². The van der Waals surface area contributed by atoms with Crippen molar-refractivity contribution in [1.82, 2.24) is 4.90 Å². The summed E-state index contributed by atoms with van der Waals surface area (Å²) >= 11 is 0. The van der Waals surface area contributed by atoms with Gasteiger partial charge >= 0.3 is 0 Å². The molecule has 5 rings (SSSR count). The normalized spacial score (nSPS) is 29.3. The third kappa shape index (κ3) is 6.63. The van der Waals surface area contributed by atoms with E-state index >= 15 is 4.39 Å². The van der Waals surface area contributed by atoms with Crippen molar-refractivity contribution in [1.29, 1.82) is 5.26 Å². The number of phenols is 1. The van der Waals surface area contributed by atoms with Gasteiger partial charge in [0.25, 0.3) is 5.91 Å². The molecule has 0 bridgehead atoms. The van der Waals surface area contributed by atoms with Crippen LogP contribution in [0.5, 0.6) is 5.75 Å². The highest BCUT2D eigenvalue weighted by Crippen LogP contribution is 2.63. The summed E-state index contributed by atoms with van der Waals surface area (Å²) in [6, 6.07) is 14.5. The SMILES string of the molecule is CCCCCCN(CCCCC[C@@H]1Cc2cc(O)ccc2[C@@H]2[C@@H]1[C@@H]1CC[C@H](O)[C@@]1(C)C[C@@H]2F)C(=O)c1ccc(C#N)cc1. The third-order valence-corrected chi connectivity index (χ3v) is 11.1. The zero-order chi connectivity index (χ0) is 30.6. The van der Waals surface area contributed by atoms with Crippen molar-refractivity contribution < 1.29 is 19.4 Å². The summed E-state index contributed by atoms with van der Waals surface area (Å²) in [7, 11) is 0. The lowest BCUT2D eigenvalue weighted by molar-refractivity contribution is -0.0722. The lowest BCUT2D eigenvalue weighted by Gasteiger charge is -2.54. The van der Waals surface area contributed by atoms with Gasteiger partial charge in [-0.1, -0.05) is 52.0 Å². The van der Waals surface area contributed by atoms with Crippen LogP contribution < -0.4 is 0 Å². The highest BCUT2D eigenvalue weighted by Gasteiger charge is 2.59. The van der Waals surface area contributed by atoms with Gasteiger partial charge in [-0.05, 0) is 116 Å². The van der Waals surface area contributed by atoms with Crippen LogP contribution in [0.25, 0.3) is 0 Å². The second-order valence-corrected chi connectivity index (χ2v) is 13.8. The Morgan fingerprint density at radius 1 is 1.05 bits per heavy atom. The third-order valence-electron chi connectivity index (χ3n) is 11.1. The number of carbonyl (C=O) groups excluding carboxylic acids is 1. The molecule has 43 heavy (non-hydrogen) atoms. The minimum atomic E-state index is -0.986. The molecule has 0 heterocycles. The predicted molar refractivity (Wildman–Crippen MR) is 168 cm³/mol. The van der Waals surface area contributed by atoms with E-state index in [0.29, 0.717) is 35.9 Å². The van der Waals surface area contributed by atoms with Gasteiger partial charge in [0.1, 0.15) is 11.9 Å². The first-order valence-electron chi connectivity index (χ1n) is 16.7. The average Bonchev–Trinajstić information content (AvgIpc) is 3.30. The molecule has 1 amide bonds. The number of hydrogen-bond donors (Lipinski definition) is 2. The maximum Gasteiger partial charge on any atom is 0.253 e. The van der Waals surface area contributed by atoms with Crippen LogP contribution in [0.4, 0.5) is 4.39 Å². The first kappa shape index (κ1) is 31.5. The van der Waals surface area contributed by atoms with Crippen LogP contribution in [0.3, 0.4) is 0 Å². The molecule has 2 aromatic rings. The highest BCUT2D eigenvalue weighted by atomic mass is 19.1. The molecule has 0 aliphatic heterocycles. The Labute approximate surface area is 257 Å². The number of phenolic OH excluding ortho intramolecular Hbond substituents is 1. The summed E-state index contributed by atoms with van der Waals surface area (Å²) in [5, 5.41) is 30.3. The molecule has 0 unspecified atom stereocenters. The number of fused-ring (bicyclic) bond motifs is 5. The molecular formula is C37H49FN2O3. The van der Waals surface area contributed by atoms with E-state index in [1.807, 2.05) is 17.0 Å². The van der Waals surface area contributed by atoms with E-state index in [-0.39, 0.29) is 28.9 Å². The van der Waals surface area contributed by atoms with Gasteiger partial charge in [-0.15, -0.1) is 0 Å². The minimum Gasteiger partial charge on any atom is -0.508 e. The summed E-state index contributed by atoms with van der Waals surface area (Å²) < 4.78 is 16.0. The topological polar surface area (TPSA) is 84.6 Å². The first-order chi connectivity index (χ1) is 20.8. The van der Waals surface area contributed by atoms with E-state index in [0.717, 1.165) is 81.9 Å². The summed E-state index contributed by atoms with van der Waals surface area (Å²) in [6.45, 7) is 5.75. The molecule has 232 valence electrons. The van der Waals surface area contributed by atoms with E-state index in [9.17, 15) is 15.0 Å². The Hall–Kier alpha value is -2.91. The van der Waals surface area contributed by atoms with Crippen LogP contribution in [0, 0.1) is 34.5 Å². The Morgan fingerprint density at radius 2 is 1.77 bits per heavy atom. The predicted octanol–water partition coefficient (Wildman–Crippen LogP) is 7.94. The van der Waals surface area contributed by atoms with Gasteiger partial charge in [-0.3, -0.25) is 4.79 Å². The molecule has 2 aromatic carbocycles. The van der Waals surface area contributed by atoms with Gasteiger partial charge in [-0.25, -0.2) is 4.39 Å². The number of nitrogens with zero attached hydrogens (tertiary/aromatic N) is 2. The number of nitriles is 1. The second-order valence-electron chi connectivity index (χ2n) is 13.8. The minimum absolute atomic E-state index is 0.0304. The van der Waals surface area contributed by atoms with E-state index in [4.69, 9.17) is 5.26 Å². The van der Waals surface area contributed by atoms with Crippen LogP contribution in [-0.4, -0.2) is 46.4 Å². The number of hydrogen-bond acceptors (Lipinski definition) is 4. The van der Waals surface area contributed by atoms with Crippen molar-refractivity contribution >= 4 is 5.91 Å². The number of alkyl halides is 1. The summed E-state index contributed by atoms with van der Waals surface area (Å²) in [5.74, 6) is 0.947. The number of rotatable bonds is 12. The van der Waals surface area contributed by atoms with E-state index in [1.165, 1.54) is 6.42 Å². The molecule has 2 fully saturated rings. The van der Waals surface area contributed by atoms with Crippen molar-refractivity contribution in [3.63, 3.8) is 0 Å². The smallest absolute Gasteiger partial charge is 0.253 e. The molecule has 7 atom stereocenters. The van der Waals surface area contributed by atoms with Gasteiger partial charge in [0.15, 0.2) is 0 Å². The fraction of sp³-hybridized carbons (Fsp3) is 0.622. The molecule has 3 aliphatic carbocycles. The van der Waals surface area contributed by atoms with Crippen molar-refractivity contribution in [3.05, 3.63) is 64.7 Å². The summed E-state index contributed by atoms with van der Waals surface area (Å²) in [5.41, 5.74) is 2.97.